The number of para-hydroxylation sites is 1. The summed E-state index contributed by atoms with van der Waals surface area (Å²) < 4.78 is 5.58. The van der Waals surface area contributed by atoms with Gasteiger partial charge in [0.2, 0.25) is 0 Å². The Bertz CT molecular complexity index is 325. The van der Waals surface area contributed by atoms with E-state index in [0.29, 0.717) is 6.61 Å². The predicted molar refractivity (Wildman–Crippen MR) is 69.1 cm³/mol. The monoisotopic (exact) mass is 241 g/mol. The van der Waals surface area contributed by atoms with Gasteiger partial charge >= 0.3 is 0 Å². The molecule has 3 heteroatoms. The maximum Gasteiger partial charge on any atom is 0.124 e. The van der Waals surface area contributed by atoms with Crippen molar-refractivity contribution < 1.29 is 4.74 Å². The molecule has 0 aliphatic heterocycles. The van der Waals surface area contributed by atoms with Gasteiger partial charge < -0.3 is 10.5 Å². The zero-order chi connectivity index (χ0) is 10.7. The van der Waals surface area contributed by atoms with Crippen molar-refractivity contribution in [3.8, 4) is 5.75 Å². The van der Waals surface area contributed by atoms with Crippen molar-refractivity contribution >= 4 is 12.4 Å². The Labute approximate surface area is 104 Å². The fourth-order valence-corrected chi connectivity index (χ4v) is 1.91. The van der Waals surface area contributed by atoms with E-state index >= 15 is 0 Å². The van der Waals surface area contributed by atoms with Gasteiger partial charge in [0.1, 0.15) is 5.75 Å². The molecule has 2 nitrogen and oxygen atoms in total. The predicted octanol–water partition coefficient (Wildman–Crippen LogP) is 3.31. The van der Waals surface area contributed by atoms with Crippen molar-refractivity contribution in [2.24, 2.45) is 11.7 Å². The molecule has 1 aromatic rings. The van der Waals surface area contributed by atoms with Crippen molar-refractivity contribution in [3.05, 3.63) is 29.8 Å². The number of halogens is 1. The third-order valence-corrected chi connectivity index (χ3v) is 2.90. The summed E-state index contributed by atoms with van der Waals surface area (Å²) in [5.41, 5.74) is 7.35. The lowest BCUT2D eigenvalue weighted by Crippen LogP contribution is -2.12. The van der Waals surface area contributed by atoms with Gasteiger partial charge in [-0.1, -0.05) is 31.0 Å². The molecule has 0 saturated heterocycles. The minimum absolute atomic E-state index is 0. The van der Waals surface area contributed by atoms with E-state index in [1.54, 1.807) is 0 Å². The van der Waals surface area contributed by atoms with E-state index in [0.717, 1.165) is 23.7 Å². The van der Waals surface area contributed by atoms with Crippen LogP contribution < -0.4 is 10.5 Å². The molecule has 0 amide bonds. The first-order valence-electron chi connectivity index (χ1n) is 5.78. The smallest absolute Gasteiger partial charge is 0.124 e. The molecule has 1 aromatic carbocycles. The van der Waals surface area contributed by atoms with Crippen LogP contribution in [0.1, 0.15) is 37.8 Å². The average molecular weight is 242 g/mol. The van der Waals surface area contributed by atoms with Crippen LogP contribution in [0.3, 0.4) is 0 Å². The SMILES string of the molecule is CCOc1ccccc1[C@@H](N)CC1CC1.Cl. The summed E-state index contributed by atoms with van der Waals surface area (Å²) in [6.07, 6.45) is 3.80. The molecule has 16 heavy (non-hydrogen) atoms. The van der Waals surface area contributed by atoms with Crippen LogP contribution in [-0.2, 0) is 0 Å². The summed E-state index contributed by atoms with van der Waals surface area (Å²) in [5, 5.41) is 0. The van der Waals surface area contributed by atoms with Crippen molar-refractivity contribution in [1.29, 1.82) is 0 Å². The molecule has 0 radical (unpaired) electrons. The molecule has 0 spiro atoms. The Kier molecular flexibility index (Phi) is 5.10. The molecule has 1 aliphatic rings. The zero-order valence-electron chi connectivity index (χ0n) is 9.69. The number of nitrogens with two attached hydrogens (primary N) is 1. The van der Waals surface area contributed by atoms with Crippen LogP contribution >= 0.6 is 12.4 Å². The highest BCUT2D eigenvalue weighted by molar-refractivity contribution is 5.85. The van der Waals surface area contributed by atoms with E-state index in [4.69, 9.17) is 10.5 Å². The van der Waals surface area contributed by atoms with Crippen LogP contribution in [-0.4, -0.2) is 6.61 Å². The van der Waals surface area contributed by atoms with E-state index < -0.39 is 0 Å². The highest BCUT2D eigenvalue weighted by Gasteiger charge is 2.25. The van der Waals surface area contributed by atoms with Crippen molar-refractivity contribution in [2.45, 2.75) is 32.2 Å². The van der Waals surface area contributed by atoms with E-state index in [1.165, 1.54) is 12.8 Å². The van der Waals surface area contributed by atoms with Crippen LogP contribution in [0.15, 0.2) is 24.3 Å². The lowest BCUT2D eigenvalue weighted by atomic mass is 10.0. The molecule has 1 saturated carbocycles. The van der Waals surface area contributed by atoms with Gasteiger partial charge in [-0.05, 0) is 25.3 Å². The van der Waals surface area contributed by atoms with Crippen LogP contribution in [0.5, 0.6) is 5.75 Å². The third kappa shape index (κ3) is 3.39. The molecule has 1 fully saturated rings. The first kappa shape index (κ1) is 13.3. The second-order valence-corrected chi connectivity index (χ2v) is 4.26. The molecule has 0 aromatic heterocycles. The second kappa shape index (κ2) is 6.12. The summed E-state index contributed by atoms with van der Waals surface area (Å²) in [6.45, 7) is 2.70. The summed E-state index contributed by atoms with van der Waals surface area (Å²) >= 11 is 0. The highest BCUT2D eigenvalue weighted by atomic mass is 35.5. The number of ether oxygens (including phenoxy) is 1. The van der Waals surface area contributed by atoms with Crippen LogP contribution in [0.2, 0.25) is 0 Å². The molecule has 0 unspecified atom stereocenters. The van der Waals surface area contributed by atoms with Gasteiger partial charge in [-0.15, -0.1) is 12.4 Å². The molecule has 2 rings (SSSR count). The van der Waals surface area contributed by atoms with E-state index in [1.807, 2.05) is 25.1 Å². The van der Waals surface area contributed by atoms with Crippen LogP contribution in [0.4, 0.5) is 0 Å². The summed E-state index contributed by atoms with van der Waals surface area (Å²) in [6, 6.07) is 8.26. The molecule has 1 aliphatic carbocycles. The molecule has 2 N–H and O–H groups in total. The summed E-state index contributed by atoms with van der Waals surface area (Å²) in [4.78, 5) is 0. The first-order chi connectivity index (χ1) is 7.31. The fourth-order valence-electron chi connectivity index (χ4n) is 1.91. The number of hydrogen-bond acceptors (Lipinski definition) is 2. The minimum atomic E-state index is 0. The molecular weight excluding hydrogens is 222 g/mol. The lowest BCUT2D eigenvalue weighted by molar-refractivity contribution is 0.333. The van der Waals surface area contributed by atoms with E-state index in [2.05, 4.69) is 6.07 Å². The van der Waals surface area contributed by atoms with Gasteiger partial charge in [-0.2, -0.15) is 0 Å². The molecule has 1 atom stereocenters. The lowest BCUT2D eigenvalue weighted by Gasteiger charge is -2.15. The topological polar surface area (TPSA) is 35.2 Å². The van der Waals surface area contributed by atoms with E-state index in [9.17, 15) is 0 Å². The minimum Gasteiger partial charge on any atom is -0.494 e. The fraction of sp³-hybridized carbons (Fsp3) is 0.538. The van der Waals surface area contributed by atoms with Gasteiger partial charge in [-0.3, -0.25) is 0 Å². The summed E-state index contributed by atoms with van der Waals surface area (Å²) in [7, 11) is 0. The summed E-state index contributed by atoms with van der Waals surface area (Å²) in [5.74, 6) is 1.81. The van der Waals surface area contributed by atoms with Gasteiger partial charge in [0.25, 0.3) is 0 Å². The number of benzene rings is 1. The first-order valence-corrected chi connectivity index (χ1v) is 5.78. The molecule has 0 bridgehead atoms. The largest absolute Gasteiger partial charge is 0.494 e. The third-order valence-electron chi connectivity index (χ3n) is 2.90. The van der Waals surface area contributed by atoms with Gasteiger partial charge in [-0.25, -0.2) is 0 Å². The van der Waals surface area contributed by atoms with Gasteiger partial charge in [0.15, 0.2) is 0 Å². The Morgan fingerprint density at radius 3 is 2.69 bits per heavy atom. The molecular formula is C13H20ClNO. The maximum absolute atomic E-state index is 6.19. The average Bonchev–Trinajstić information content (AvgIpc) is 3.03. The number of hydrogen-bond donors (Lipinski definition) is 1. The van der Waals surface area contributed by atoms with Gasteiger partial charge in [0.05, 0.1) is 6.61 Å². The standard InChI is InChI=1S/C13H19NO.ClH/c1-2-15-13-6-4-3-5-11(13)12(14)9-10-7-8-10;/h3-6,10,12H,2,7-9,14H2,1H3;1H/t12-;/m0./s1. The highest BCUT2D eigenvalue weighted by Crippen LogP contribution is 2.38. The quantitative estimate of drug-likeness (QED) is 0.859. The van der Waals surface area contributed by atoms with Gasteiger partial charge in [0, 0.05) is 11.6 Å². The van der Waals surface area contributed by atoms with Crippen LogP contribution in [0, 0.1) is 5.92 Å². The Morgan fingerprint density at radius 1 is 1.38 bits per heavy atom. The maximum atomic E-state index is 6.19. The second-order valence-electron chi connectivity index (χ2n) is 4.26. The van der Waals surface area contributed by atoms with Crippen molar-refractivity contribution in [1.82, 2.24) is 0 Å². The number of rotatable bonds is 5. The molecule has 0 heterocycles. The van der Waals surface area contributed by atoms with E-state index in [-0.39, 0.29) is 18.4 Å². The Balaban J connectivity index is 0.00000128. The Hall–Kier alpha value is -0.730. The normalized spacial score (nSPS) is 16.4. The van der Waals surface area contributed by atoms with Crippen molar-refractivity contribution in [3.63, 3.8) is 0 Å². The molecule has 90 valence electrons. The zero-order valence-corrected chi connectivity index (χ0v) is 10.5. The van der Waals surface area contributed by atoms with Crippen molar-refractivity contribution in [2.75, 3.05) is 6.61 Å². The Morgan fingerprint density at radius 2 is 2.06 bits per heavy atom. The van der Waals surface area contributed by atoms with Crippen LogP contribution in [0.25, 0.3) is 0 Å².